The van der Waals surface area contributed by atoms with E-state index in [4.69, 9.17) is 5.73 Å². The number of anilines is 1. The third-order valence-electron chi connectivity index (χ3n) is 6.52. The Labute approximate surface area is 167 Å². The minimum absolute atomic E-state index is 0.0201. The fraction of sp³-hybridized carbons (Fsp3) is 0.478. The average molecular weight is 379 g/mol. The molecule has 2 aromatic rings. The Morgan fingerprint density at radius 3 is 2.54 bits per heavy atom. The first-order valence-electron chi connectivity index (χ1n) is 10.2. The number of hydrogen-bond acceptors (Lipinski definition) is 4. The van der Waals surface area contributed by atoms with Crippen molar-refractivity contribution in [3.05, 3.63) is 59.4 Å². The summed E-state index contributed by atoms with van der Waals surface area (Å²) < 4.78 is 0. The maximum absolute atomic E-state index is 13.1. The minimum Gasteiger partial charge on any atom is -0.371 e. The summed E-state index contributed by atoms with van der Waals surface area (Å²) in [4.78, 5) is 21.5. The number of carbonyl (C=O) groups excluding carboxylic acids is 1. The SMILES string of the molecule is CN(C(=O)c1ccc2c(c1)C(N)CC2(C)C)C1CCN(c2ccncc2)CC1. The number of hydrogen-bond donors (Lipinski definition) is 1. The molecule has 0 spiro atoms. The number of nitrogens with zero attached hydrogens (tertiary/aromatic N) is 3. The van der Waals surface area contributed by atoms with Gasteiger partial charge in [-0.2, -0.15) is 0 Å². The first-order chi connectivity index (χ1) is 13.4. The van der Waals surface area contributed by atoms with Gasteiger partial charge in [0, 0.05) is 55.9 Å². The van der Waals surface area contributed by atoms with E-state index in [2.05, 4.69) is 29.8 Å². The van der Waals surface area contributed by atoms with E-state index < -0.39 is 0 Å². The zero-order valence-corrected chi connectivity index (χ0v) is 17.1. The average Bonchev–Trinajstić information content (AvgIpc) is 2.95. The zero-order valence-electron chi connectivity index (χ0n) is 17.1. The van der Waals surface area contributed by atoms with E-state index in [9.17, 15) is 4.79 Å². The monoisotopic (exact) mass is 378 g/mol. The lowest BCUT2D eigenvalue weighted by Gasteiger charge is -2.38. The summed E-state index contributed by atoms with van der Waals surface area (Å²) in [5.74, 6) is 0.0991. The number of benzene rings is 1. The number of piperidine rings is 1. The third kappa shape index (κ3) is 3.39. The molecule has 5 nitrogen and oxygen atoms in total. The lowest BCUT2D eigenvalue weighted by Crippen LogP contribution is -2.45. The maximum atomic E-state index is 13.1. The van der Waals surface area contributed by atoms with Crippen LogP contribution in [0.25, 0.3) is 0 Å². The van der Waals surface area contributed by atoms with Crippen LogP contribution in [0, 0.1) is 0 Å². The van der Waals surface area contributed by atoms with Crippen molar-refractivity contribution < 1.29 is 4.79 Å². The van der Waals surface area contributed by atoms with Gasteiger partial charge < -0.3 is 15.5 Å². The third-order valence-corrected chi connectivity index (χ3v) is 6.52. The molecule has 1 aliphatic carbocycles. The quantitative estimate of drug-likeness (QED) is 0.888. The molecule has 5 heteroatoms. The van der Waals surface area contributed by atoms with E-state index in [1.165, 1.54) is 11.3 Å². The van der Waals surface area contributed by atoms with E-state index in [1.54, 1.807) is 0 Å². The highest BCUT2D eigenvalue weighted by atomic mass is 16.2. The minimum atomic E-state index is 0.0201. The molecule has 4 rings (SSSR count). The summed E-state index contributed by atoms with van der Waals surface area (Å²) in [5.41, 5.74) is 10.8. The first-order valence-corrected chi connectivity index (χ1v) is 10.2. The van der Waals surface area contributed by atoms with Gasteiger partial charge in [0.15, 0.2) is 0 Å². The van der Waals surface area contributed by atoms with Crippen molar-refractivity contribution in [1.29, 1.82) is 0 Å². The summed E-state index contributed by atoms with van der Waals surface area (Å²) in [6.07, 6.45) is 6.54. The number of aromatic nitrogens is 1. The van der Waals surface area contributed by atoms with E-state index in [1.807, 2.05) is 48.6 Å². The molecule has 1 saturated heterocycles. The van der Waals surface area contributed by atoms with Crippen LogP contribution < -0.4 is 10.6 Å². The first kappa shape index (κ1) is 18.9. The van der Waals surface area contributed by atoms with Crippen LogP contribution in [-0.2, 0) is 5.41 Å². The second kappa shape index (κ2) is 7.21. The molecule has 148 valence electrons. The van der Waals surface area contributed by atoms with Crippen LogP contribution in [-0.4, -0.2) is 42.0 Å². The van der Waals surface area contributed by atoms with Gasteiger partial charge in [-0.1, -0.05) is 19.9 Å². The highest BCUT2D eigenvalue weighted by molar-refractivity contribution is 5.94. The van der Waals surface area contributed by atoms with E-state index in [-0.39, 0.29) is 23.4 Å². The number of pyridine rings is 1. The number of amides is 1. The van der Waals surface area contributed by atoms with Gasteiger partial charge in [-0.15, -0.1) is 0 Å². The summed E-state index contributed by atoms with van der Waals surface area (Å²) in [6, 6.07) is 10.5. The van der Waals surface area contributed by atoms with Crippen molar-refractivity contribution >= 4 is 11.6 Å². The largest absolute Gasteiger partial charge is 0.371 e. The number of rotatable bonds is 3. The molecule has 1 aromatic heterocycles. The summed E-state index contributed by atoms with van der Waals surface area (Å²) >= 11 is 0. The van der Waals surface area contributed by atoms with Gasteiger partial charge in [-0.05, 0) is 60.1 Å². The van der Waals surface area contributed by atoms with Crippen LogP contribution in [0.5, 0.6) is 0 Å². The molecular weight excluding hydrogens is 348 g/mol. The Morgan fingerprint density at radius 2 is 1.86 bits per heavy atom. The lowest BCUT2D eigenvalue weighted by molar-refractivity contribution is 0.0709. The second-order valence-corrected chi connectivity index (χ2v) is 8.84. The maximum Gasteiger partial charge on any atom is 0.253 e. The number of fused-ring (bicyclic) bond motifs is 1. The standard InChI is InChI=1S/C23H30N4O/c1-23(2)15-21(24)19-14-16(4-5-20(19)23)22(28)26(3)17-8-12-27(13-9-17)18-6-10-25-11-7-18/h4-7,10-11,14,17,21H,8-9,12-13,15,24H2,1-3H3. The van der Waals surface area contributed by atoms with Gasteiger partial charge in [0.25, 0.3) is 5.91 Å². The van der Waals surface area contributed by atoms with Crippen LogP contribution in [0.3, 0.4) is 0 Å². The van der Waals surface area contributed by atoms with Crippen molar-refractivity contribution in [3.63, 3.8) is 0 Å². The van der Waals surface area contributed by atoms with Gasteiger partial charge in [0.1, 0.15) is 0 Å². The molecule has 2 aliphatic rings. The lowest BCUT2D eigenvalue weighted by atomic mass is 9.86. The van der Waals surface area contributed by atoms with Crippen molar-refractivity contribution in [1.82, 2.24) is 9.88 Å². The van der Waals surface area contributed by atoms with Crippen LogP contribution >= 0.6 is 0 Å². The molecular formula is C23H30N4O. The Kier molecular flexibility index (Phi) is 4.88. The van der Waals surface area contributed by atoms with Gasteiger partial charge >= 0.3 is 0 Å². The van der Waals surface area contributed by atoms with Crippen molar-refractivity contribution in [2.24, 2.45) is 5.73 Å². The van der Waals surface area contributed by atoms with Gasteiger partial charge in [0.05, 0.1) is 0 Å². The molecule has 28 heavy (non-hydrogen) atoms. The van der Waals surface area contributed by atoms with Crippen LogP contribution in [0.15, 0.2) is 42.7 Å². The predicted molar refractivity (Wildman–Crippen MR) is 113 cm³/mol. The van der Waals surface area contributed by atoms with Crippen LogP contribution in [0.1, 0.15) is 60.6 Å². The second-order valence-electron chi connectivity index (χ2n) is 8.84. The molecule has 1 amide bonds. The van der Waals surface area contributed by atoms with Gasteiger partial charge in [-0.3, -0.25) is 9.78 Å². The Morgan fingerprint density at radius 1 is 1.18 bits per heavy atom. The summed E-state index contributed by atoms with van der Waals surface area (Å²) in [6.45, 7) is 6.36. The van der Waals surface area contributed by atoms with Crippen LogP contribution in [0.4, 0.5) is 5.69 Å². The van der Waals surface area contributed by atoms with Crippen molar-refractivity contribution in [2.45, 2.75) is 50.6 Å². The Balaban J connectivity index is 1.44. The van der Waals surface area contributed by atoms with E-state index in [0.717, 1.165) is 43.5 Å². The summed E-state index contributed by atoms with van der Waals surface area (Å²) in [5, 5.41) is 0. The molecule has 1 atom stereocenters. The van der Waals surface area contributed by atoms with E-state index >= 15 is 0 Å². The molecule has 2 heterocycles. The normalized spacial score (nSPS) is 21.4. The highest BCUT2D eigenvalue weighted by Crippen LogP contribution is 2.43. The molecule has 0 saturated carbocycles. The fourth-order valence-electron chi connectivity index (χ4n) is 4.82. The number of carbonyl (C=O) groups is 1. The molecule has 1 unspecified atom stereocenters. The van der Waals surface area contributed by atoms with Crippen LogP contribution in [0.2, 0.25) is 0 Å². The van der Waals surface area contributed by atoms with Gasteiger partial charge in [-0.25, -0.2) is 0 Å². The number of nitrogens with two attached hydrogens (primary N) is 1. The predicted octanol–water partition coefficient (Wildman–Crippen LogP) is 3.50. The van der Waals surface area contributed by atoms with Crippen molar-refractivity contribution in [2.75, 3.05) is 25.0 Å². The molecule has 1 aliphatic heterocycles. The molecule has 2 N–H and O–H groups in total. The highest BCUT2D eigenvalue weighted by Gasteiger charge is 2.36. The molecule has 0 radical (unpaired) electrons. The topological polar surface area (TPSA) is 62.5 Å². The Bertz CT molecular complexity index is 856. The van der Waals surface area contributed by atoms with Crippen molar-refractivity contribution in [3.8, 4) is 0 Å². The zero-order chi connectivity index (χ0) is 19.9. The molecule has 1 fully saturated rings. The smallest absolute Gasteiger partial charge is 0.253 e. The fourth-order valence-corrected chi connectivity index (χ4v) is 4.82. The molecule has 1 aromatic carbocycles. The van der Waals surface area contributed by atoms with Gasteiger partial charge in [0.2, 0.25) is 0 Å². The Hall–Kier alpha value is -2.40. The molecule has 0 bridgehead atoms. The summed E-state index contributed by atoms with van der Waals surface area (Å²) in [7, 11) is 1.94. The van der Waals surface area contributed by atoms with E-state index in [0.29, 0.717) is 0 Å².